The van der Waals surface area contributed by atoms with Crippen molar-refractivity contribution < 1.29 is 8.91 Å². The second-order valence-corrected chi connectivity index (χ2v) is 5.10. The molecule has 0 radical (unpaired) electrons. The molecule has 0 atom stereocenters. The maximum absolute atomic E-state index is 13.5. The van der Waals surface area contributed by atoms with Crippen LogP contribution in [0.3, 0.4) is 0 Å². The first kappa shape index (κ1) is 13.4. The van der Waals surface area contributed by atoms with E-state index in [4.69, 9.17) is 10.3 Å². The van der Waals surface area contributed by atoms with Crippen LogP contribution >= 0.6 is 0 Å². The molecule has 0 saturated heterocycles. The van der Waals surface area contributed by atoms with E-state index in [1.165, 1.54) is 12.1 Å². The van der Waals surface area contributed by atoms with Gasteiger partial charge in [0.2, 0.25) is 0 Å². The lowest BCUT2D eigenvalue weighted by Crippen LogP contribution is -1.91. The van der Waals surface area contributed by atoms with Crippen LogP contribution in [0.4, 0.5) is 10.2 Å². The number of benzene rings is 2. The van der Waals surface area contributed by atoms with E-state index in [1.807, 2.05) is 38.1 Å². The molecule has 3 rings (SSSR count). The van der Waals surface area contributed by atoms with Crippen LogP contribution in [-0.4, -0.2) is 5.16 Å². The summed E-state index contributed by atoms with van der Waals surface area (Å²) in [6.45, 7) is 3.90. The van der Waals surface area contributed by atoms with Gasteiger partial charge in [-0.3, -0.25) is 0 Å². The molecule has 1 heterocycles. The van der Waals surface area contributed by atoms with E-state index in [-0.39, 0.29) is 5.82 Å². The van der Waals surface area contributed by atoms with Crippen LogP contribution in [0, 0.1) is 19.7 Å². The minimum atomic E-state index is -0.319. The molecule has 1 aromatic heterocycles. The van der Waals surface area contributed by atoms with Crippen LogP contribution in [-0.2, 0) is 0 Å². The summed E-state index contributed by atoms with van der Waals surface area (Å²) >= 11 is 0. The van der Waals surface area contributed by atoms with E-state index < -0.39 is 0 Å². The molecule has 2 N–H and O–H groups in total. The Morgan fingerprint density at radius 3 is 2.67 bits per heavy atom. The second kappa shape index (κ2) is 5.05. The molecule has 0 fully saturated rings. The van der Waals surface area contributed by atoms with Crippen molar-refractivity contribution >= 4 is 5.82 Å². The normalized spacial score (nSPS) is 10.8. The van der Waals surface area contributed by atoms with Crippen molar-refractivity contribution in [2.24, 2.45) is 0 Å². The summed E-state index contributed by atoms with van der Waals surface area (Å²) < 4.78 is 18.9. The molecule has 0 amide bonds. The van der Waals surface area contributed by atoms with Gasteiger partial charge in [-0.05, 0) is 37.1 Å². The Kier molecular flexibility index (Phi) is 3.22. The maximum atomic E-state index is 13.5. The largest absolute Gasteiger partial charge is 0.380 e. The van der Waals surface area contributed by atoms with Gasteiger partial charge in [-0.15, -0.1) is 0 Å². The molecule has 0 aliphatic rings. The van der Waals surface area contributed by atoms with Gasteiger partial charge in [0.15, 0.2) is 11.6 Å². The lowest BCUT2D eigenvalue weighted by atomic mass is 9.97. The van der Waals surface area contributed by atoms with Gasteiger partial charge in [-0.2, -0.15) is 0 Å². The highest BCUT2D eigenvalue weighted by atomic mass is 19.1. The van der Waals surface area contributed by atoms with Crippen molar-refractivity contribution in [1.82, 2.24) is 5.16 Å². The van der Waals surface area contributed by atoms with Crippen molar-refractivity contribution in [3.63, 3.8) is 0 Å². The van der Waals surface area contributed by atoms with Gasteiger partial charge in [0.25, 0.3) is 0 Å². The predicted octanol–water partition coefficient (Wildman–Crippen LogP) is 4.35. The Hall–Kier alpha value is -2.62. The summed E-state index contributed by atoms with van der Waals surface area (Å²) in [4.78, 5) is 0. The van der Waals surface area contributed by atoms with E-state index in [0.29, 0.717) is 22.7 Å². The number of hydrogen-bond donors (Lipinski definition) is 1. The van der Waals surface area contributed by atoms with Crippen LogP contribution < -0.4 is 5.73 Å². The van der Waals surface area contributed by atoms with Crippen LogP contribution in [0.25, 0.3) is 22.5 Å². The topological polar surface area (TPSA) is 52.0 Å². The molecule has 0 saturated carbocycles. The second-order valence-electron chi connectivity index (χ2n) is 5.10. The lowest BCUT2D eigenvalue weighted by molar-refractivity contribution is 0.435. The van der Waals surface area contributed by atoms with Gasteiger partial charge in [0, 0.05) is 5.56 Å². The summed E-state index contributed by atoms with van der Waals surface area (Å²) in [7, 11) is 0. The van der Waals surface area contributed by atoms with Crippen molar-refractivity contribution in [2.45, 2.75) is 13.8 Å². The van der Waals surface area contributed by atoms with Gasteiger partial charge in [0.05, 0.1) is 5.56 Å². The summed E-state index contributed by atoms with van der Waals surface area (Å²) in [5.41, 5.74) is 10.2. The summed E-state index contributed by atoms with van der Waals surface area (Å²) in [5.74, 6) is 0.482. The molecular formula is C17H15FN2O. The quantitative estimate of drug-likeness (QED) is 0.760. The van der Waals surface area contributed by atoms with Crippen LogP contribution in [0.1, 0.15) is 11.1 Å². The number of anilines is 1. The van der Waals surface area contributed by atoms with Gasteiger partial charge in [0.1, 0.15) is 5.82 Å². The number of nitrogens with zero attached hydrogens (tertiary/aromatic N) is 1. The number of nitrogen functional groups attached to an aromatic ring is 1. The van der Waals surface area contributed by atoms with Crippen LogP contribution in [0.5, 0.6) is 0 Å². The fraction of sp³-hybridized carbons (Fsp3) is 0.118. The van der Waals surface area contributed by atoms with Crippen molar-refractivity contribution in [2.75, 3.05) is 5.73 Å². The number of aryl methyl sites for hydroxylation is 2. The molecule has 0 aliphatic heterocycles. The highest BCUT2D eigenvalue weighted by Gasteiger charge is 2.19. The third-order valence-corrected chi connectivity index (χ3v) is 3.47. The van der Waals surface area contributed by atoms with E-state index in [1.54, 1.807) is 6.07 Å². The summed E-state index contributed by atoms with van der Waals surface area (Å²) in [6, 6.07) is 12.5. The molecule has 0 spiro atoms. The SMILES string of the molecule is Cc1cccc(-c2c(N)noc2-c2cc(F)ccc2C)c1. The number of aromatic nitrogens is 1. The zero-order valence-corrected chi connectivity index (χ0v) is 11.9. The minimum absolute atomic E-state index is 0.305. The molecular weight excluding hydrogens is 267 g/mol. The van der Waals surface area contributed by atoms with E-state index in [2.05, 4.69) is 5.16 Å². The Balaban J connectivity index is 2.24. The van der Waals surface area contributed by atoms with Gasteiger partial charge in [-0.1, -0.05) is 41.1 Å². The molecule has 0 bridgehead atoms. The molecule has 106 valence electrons. The molecule has 4 heteroatoms. The summed E-state index contributed by atoms with van der Waals surface area (Å²) in [5, 5.41) is 3.85. The highest BCUT2D eigenvalue weighted by molar-refractivity contribution is 5.87. The molecule has 21 heavy (non-hydrogen) atoms. The number of rotatable bonds is 2. The molecule has 2 aromatic carbocycles. The van der Waals surface area contributed by atoms with Gasteiger partial charge in [-0.25, -0.2) is 4.39 Å². The zero-order valence-electron chi connectivity index (χ0n) is 11.9. The van der Waals surface area contributed by atoms with Crippen LogP contribution in [0.15, 0.2) is 47.0 Å². The first-order chi connectivity index (χ1) is 10.1. The minimum Gasteiger partial charge on any atom is -0.380 e. The van der Waals surface area contributed by atoms with Crippen molar-refractivity contribution in [3.8, 4) is 22.5 Å². The van der Waals surface area contributed by atoms with Crippen molar-refractivity contribution in [3.05, 3.63) is 59.4 Å². The number of hydrogen-bond acceptors (Lipinski definition) is 3. The predicted molar refractivity (Wildman–Crippen MR) is 81.2 cm³/mol. The first-order valence-electron chi connectivity index (χ1n) is 6.65. The number of nitrogens with two attached hydrogens (primary N) is 1. The first-order valence-corrected chi connectivity index (χ1v) is 6.65. The fourth-order valence-electron chi connectivity index (χ4n) is 2.40. The Morgan fingerprint density at radius 2 is 1.90 bits per heavy atom. The maximum Gasteiger partial charge on any atom is 0.177 e. The third-order valence-electron chi connectivity index (χ3n) is 3.47. The Morgan fingerprint density at radius 1 is 1.10 bits per heavy atom. The van der Waals surface area contributed by atoms with E-state index >= 15 is 0 Å². The molecule has 3 nitrogen and oxygen atoms in total. The zero-order chi connectivity index (χ0) is 15.0. The highest BCUT2D eigenvalue weighted by Crippen LogP contribution is 2.38. The molecule has 3 aromatic rings. The smallest absolute Gasteiger partial charge is 0.177 e. The average molecular weight is 282 g/mol. The average Bonchev–Trinajstić information content (AvgIpc) is 2.83. The Labute approximate surface area is 122 Å². The monoisotopic (exact) mass is 282 g/mol. The Bertz CT molecular complexity index is 808. The van der Waals surface area contributed by atoms with Gasteiger partial charge >= 0.3 is 0 Å². The lowest BCUT2D eigenvalue weighted by Gasteiger charge is -2.06. The van der Waals surface area contributed by atoms with E-state index in [9.17, 15) is 4.39 Å². The van der Waals surface area contributed by atoms with Crippen molar-refractivity contribution in [1.29, 1.82) is 0 Å². The number of halogens is 1. The van der Waals surface area contributed by atoms with Gasteiger partial charge < -0.3 is 10.3 Å². The summed E-state index contributed by atoms with van der Waals surface area (Å²) in [6.07, 6.45) is 0. The molecule has 0 unspecified atom stereocenters. The third kappa shape index (κ3) is 2.40. The van der Waals surface area contributed by atoms with E-state index in [0.717, 1.165) is 16.7 Å². The standard InChI is InChI=1S/C17H15FN2O/c1-10-4-3-5-12(8-10)15-16(21-20-17(15)19)14-9-13(18)7-6-11(14)2/h3-9H,1-2H3,(H2,19,20). The van der Waals surface area contributed by atoms with Crippen LogP contribution in [0.2, 0.25) is 0 Å². The molecule has 0 aliphatic carbocycles. The fourth-order valence-corrected chi connectivity index (χ4v) is 2.40.